The number of hydrogen-bond acceptors (Lipinski definition) is 8. The first-order chi connectivity index (χ1) is 17.0. The molecule has 0 radical (unpaired) electrons. The fourth-order valence-electron chi connectivity index (χ4n) is 5.15. The van der Waals surface area contributed by atoms with Crippen LogP contribution in [-0.2, 0) is 24.8 Å². The lowest BCUT2D eigenvalue weighted by Gasteiger charge is -2.32. The smallest absolute Gasteiger partial charge is 0.219 e. The summed E-state index contributed by atoms with van der Waals surface area (Å²) in [5.74, 6) is 1.51. The van der Waals surface area contributed by atoms with Gasteiger partial charge in [-0.05, 0) is 30.4 Å². The molecular weight excluding hydrogens is 444 g/mol. The number of carbonyl (C=O) groups excluding carboxylic acids is 1. The molecular formula is C25H34N8O2. The molecule has 0 spiro atoms. The summed E-state index contributed by atoms with van der Waals surface area (Å²) >= 11 is 0. The highest BCUT2D eigenvalue weighted by Crippen LogP contribution is 2.27. The Bertz CT molecular complexity index is 1190. The van der Waals surface area contributed by atoms with Crippen LogP contribution in [0.1, 0.15) is 30.9 Å². The summed E-state index contributed by atoms with van der Waals surface area (Å²) in [6.45, 7) is 5.93. The average Bonchev–Trinajstić information content (AvgIpc) is 3.19. The molecule has 2 aliphatic rings. The molecule has 1 atom stereocenters. The summed E-state index contributed by atoms with van der Waals surface area (Å²) in [6.07, 6.45) is 3.79. The molecule has 1 fully saturated rings. The summed E-state index contributed by atoms with van der Waals surface area (Å²) in [4.78, 5) is 24.7. The number of aryl methyl sites for hydroxylation is 1. The van der Waals surface area contributed by atoms with E-state index >= 15 is 0 Å². The molecule has 5 rings (SSSR count). The zero-order valence-electron chi connectivity index (χ0n) is 20.4. The number of fused-ring (bicyclic) bond motifs is 2. The molecule has 3 N–H and O–H groups in total. The molecule has 0 saturated carbocycles. The SMILES string of the molecule is CC(=O)N1CCC(Nc2ncnc3c(NCC(O)CN4CCc5ccccc5C4)nn(C)c23)CC1. The number of nitrogens with one attached hydrogen (secondary N) is 2. The van der Waals surface area contributed by atoms with Gasteiger partial charge in [0.05, 0.1) is 6.10 Å². The van der Waals surface area contributed by atoms with Crippen molar-refractivity contribution in [3.63, 3.8) is 0 Å². The molecule has 10 heteroatoms. The van der Waals surface area contributed by atoms with Crippen LogP contribution in [-0.4, -0.2) is 85.4 Å². The lowest BCUT2D eigenvalue weighted by molar-refractivity contribution is -0.129. The van der Waals surface area contributed by atoms with Gasteiger partial charge in [0.1, 0.15) is 17.4 Å². The standard InChI is InChI=1S/C25H34N8O2/c1-17(34)33-11-8-20(9-12-33)29-25-23-22(27-16-28-25)24(30-31(23)2)26-13-21(35)15-32-10-7-18-5-3-4-6-19(18)14-32/h3-6,16,20-21,35H,7-15H2,1-2H3,(H,26,30)(H,27,28,29). The second-order valence-corrected chi connectivity index (χ2v) is 9.60. The molecule has 10 nitrogen and oxygen atoms in total. The van der Waals surface area contributed by atoms with Crippen LogP contribution < -0.4 is 10.6 Å². The van der Waals surface area contributed by atoms with Crippen LogP contribution >= 0.6 is 0 Å². The van der Waals surface area contributed by atoms with Crippen LogP contribution in [0, 0.1) is 0 Å². The highest BCUT2D eigenvalue weighted by Gasteiger charge is 2.23. The van der Waals surface area contributed by atoms with Crippen LogP contribution in [0.2, 0.25) is 0 Å². The van der Waals surface area contributed by atoms with Crippen molar-refractivity contribution in [2.24, 2.45) is 7.05 Å². The van der Waals surface area contributed by atoms with Gasteiger partial charge >= 0.3 is 0 Å². The number of amides is 1. The monoisotopic (exact) mass is 478 g/mol. The number of benzene rings is 1. The largest absolute Gasteiger partial charge is 0.390 e. The van der Waals surface area contributed by atoms with Gasteiger partial charge in [0.15, 0.2) is 11.6 Å². The predicted molar refractivity (Wildman–Crippen MR) is 135 cm³/mol. The topological polar surface area (TPSA) is 111 Å². The highest BCUT2D eigenvalue weighted by atomic mass is 16.3. The Hall–Kier alpha value is -3.24. The van der Waals surface area contributed by atoms with Gasteiger partial charge in [-0.2, -0.15) is 5.10 Å². The minimum atomic E-state index is -0.525. The lowest BCUT2D eigenvalue weighted by Crippen LogP contribution is -2.41. The van der Waals surface area contributed by atoms with E-state index in [1.807, 2.05) is 11.9 Å². The Balaban J connectivity index is 1.20. The number of anilines is 2. The van der Waals surface area contributed by atoms with Crippen molar-refractivity contribution < 1.29 is 9.90 Å². The molecule has 0 aliphatic carbocycles. The van der Waals surface area contributed by atoms with Crippen LogP contribution in [0.25, 0.3) is 11.0 Å². The van der Waals surface area contributed by atoms with Crippen LogP contribution in [0.4, 0.5) is 11.6 Å². The first kappa shape index (κ1) is 23.5. The number of hydrogen-bond donors (Lipinski definition) is 3. The fourth-order valence-corrected chi connectivity index (χ4v) is 5.15. The summed E-state index contributed by atoms with van der Waals surface area (Å²) in [5.41, 5.74) is 4.31. The van der Waals surface area contributed by atoms with Gasteiger partial charge in [-0.25, -0.2) is 9.97 Å². The van der Waals surface area contributed by atoms with Crippen molar-refractivity contribution in [2.45, 2.75) is 44.9 Å². The maximum atomic E-state index is 11.6. The predicted octanol–water partition coefficient (Wildman–Crippen LogP) is 1.62. The Morgan fingerprint density at radius 3 is 2.69 bits per heavy atom. The van der Waals surface area contributed by atoms with Gasteiger partial charge in [-0.3, -0.25) is 14.4 Å². The second-order valence-electron chi connectivity index (χ2n) is 9.60. The molecule has 1 aromatic carbocycles. The van der Waals surface area contributed by atoms with E-state index in [1.165, 1.54) is 11.1 Å². The van der Waals surface area contributed by atoms with Gasteiger partial charge in [-0.1, -0.05) is 24.3 Å². The molecule has 186 valence electrons. The van der Waals surface area contributed by atoms with Crippen LogP contribution in [0.3, 0.4) is 0 Å². The van der Waals surface area contributed by atoms with E-state index in [4.69, 9.17) is 0 Å². The quantitative estimate of drug-likeness (QED) is 0.470. The number of nitrogens with zero attached hydrogens (tertiary/aromatic N) is 6. The molecule has 1 unspecified atom stereocenters. The molecule has 2 aromatic heterocycles. The van der Waals surface area contributed by atoms with Crippen molar-refractivity contribution in [3.8, 4) is 0 Å². The normalized spacial score (nSPS) is 17.9. The van der Waals surface area contributed by atoms with E-state index in [9.17, 15) is 9.90 Å². The zero-order chi connectivity index (χ0) is 24.4. The van der Waals surface area contributed by atoms with E-state index < -0.39 is 6.10 Å². The third kappa shape index (κ3) is 5.23. The first-order valence-electron chi connectivity index (χ1n) is 12.4. The summed E-state index contributed by atoms with van der Waals surface area (Å²) < 4.78 is 1.78. The summed E-state index contributed by atoms with van der Waals surface area (Å²) in [7, 11) is 1.88. The fraction of sp³-hybridized carbons (Fsp3) is 0.520. The molecule has 1 amide bonds. The van der Waals surface area contributed by atoms with Gasteiger partial charge in [0.2, 0.25) is 5.91 Å². The van der Waals surface area contributed by atoms with E-state index in [0.717, 1.165) is 62.3 Å². The third-order valence-electron chi connectivity index (χ3n) is 7.09. The Labute approximate surface area is 205 Å². The van der Waals surface area contributed by atoms with Gasteiger partial charge in [0.25, 0.3) is 0 Å². The van der Waals surface area contributed by atoms with Crippen molar-refractivity contribution in [1.82, 2.24) is 29.5 Å². The average molecular weight is 479 g/mol. The molecule has 1 saturated heterocycles. The van der Waals surface area contributed by atoms with Crippen molar-refractivity contribution in [1.29, 1.82) is 0 Å². The molecule has 3 aromatic rings. The number of likely N-dealkylation sites (tertiary alicyclic amines) is 1. The van der Waals surface area contributed by atoms with E-state index in [0.29, 0.717) is 18.9 Å². The number of piperidine rings is 1. The maximum Gasteiger partial charge on any atom is 0.219 e. The summed E-state index contributed by atoms with van der Waals surface area (Å²) in [6, 6.07) is 8.77. The lowest BCUT2D eigenvalue weighted by atomic mass is 10.00. The van der Waals surface area contributed by atoms with Crippen molar-refractivity contribution in [3.05, 3.63) is 41.7 Å². The highest BCUT2D eigenvalue weighted by molar-refractivity contribution is 5.93. The maximum absolute atomic E-state index is 11.6. The minimum absolute atomic E-state index is 0.127. The van der Waals surface area contributed by atoms with Crippen LogP contribution in [0.15, 0.2) is 30.6 Å². The molecule has 35 heavy (non-hydrogen) atoms. The minimum Gasteiger partial charge on any atom is -0.390 e. The first-order valence-corrected chi connectivity index (χ1v) is 12.4. The Kier molecular flexibility index (Phi) is 6.83. The van der Waals surface area contributed by atoms with E-state index in [2.05, 4.69) is 54.9 Å². The Morgan fingerprint density at radius 2 is 1.91 bits per heavy atom. The number of β-amino-alcohol motifs (C(OH)–C–C–N with tert-alkyl or cyclic N) is 1. The molecule has 2 aliphatic heterocycles. The van der Waals surface area contributed by atoms with Crippen molar-refractivity contribution in [2.75, 3.05) is 43.4 Å². The van der Waals surface area contributed by atoms with Crippen molar-refractivity contribution >= 4 is 28.6 Å². The molecule has 0 bridgehead atoms. The van der Waals surface area contributed by atoms with Gasteiger partial charge < -0.3 is 20.6 Å². The van der Waals surface area contributed by atoms with E-state index in [-0.39, 0.29) is 11.9 Å². The number of aliphatic hydroxyl groups excluding tert-OH is 1. The number of rotatable bonds is 7. The van der Waals surface area contributed by atoms with Gasteiger partial charge in [0, 0.05) is 59.3 Å². The number of carbonyl (C=O) groups is 1. The second kappa shape index (κ2) is 10.2. The number of aliphatic hydroxyl groups is 1. The van der Waals surface area contributed by atoms with Gasteiger partial charge in [-0.15, -0.1) is 0 Å². The summed E-state index contributed by atoms with van der Waals surface area (Å²) in [5, 5.41) is 22.1. The zero-order valence-corrected chi connectivity index (χ0v) is 20.4. The Morgan fingerprint density at radius 1 is 1.14 bits per heavy atom. The third-order valence-corrected chi connectivity index (χ3v) is 7.09. The van der Waals surface area contributed by atoms with E-state index in [1.54, 1.807) is 17.9 Å². The molecule has 4 heterocycles. The van der Waals surface area contributed by atoms with Crippen LogP contribution in [0.5, 0.6) is 0 Å². The number of aromatic nitrogens is 4.